The van der Waals surface area contributed by atoms with Gasteiger partial charge in [-0.25, -0.2) is 0 Å². The lowest BCUT2D eigenvalue weighted by atomic mass is 10.0. The van der Waals surface area contributed by atoms with E-state index in [4.69, 9.17) is 9.47 Å². The van der Waals surface area contributed by atoms with Gasteiger partial charge < -0.3 is 9.47 Å². The molecule has 0 N–H and O–H groups in total. The highest BCUT2D eigenvalue weighted by atomic mass is 16.5. The van der Waals surface area contributed by atoms with Crippen molar-refractivity contribution in [2.24, 2.45) is 0 Å². The molecule has 0 aliphatic carbocycles. The van der Waals surface area contributed by atoms with Gasteiger partial charge in [-0.15, -0.1) is 0 Å². The summed E-state index contributed by atoms with van der Waals surface area (Å²) in [6, 6.07) is 16.5. The average Bonchev–Trinajstić information content (AvgIpc) is 2.56. The van der Waals surface area contributed by atoms with Crippen LogP contribution in [0.25, 0.3) is 11.1 Å². The summed E-state index contributed by atoms with van der Waals surface area (Å²) in [6.07, 6.45) is 1.90. The molecular formula is C22H30O2. The smallest absolute Gasteiger partial charge is 0.128 e. The van der Waals surface area contributed by atoms with Crippen LogP contribution in [0.2, 0.25) is 0 Å². The summed E-state index contributed by atoms with van der Waals surface area (Å²) >= 11 is 0. The predicted octanol–water partition coefficient (Wildman–Crippen LogP) is 6.49. The summed E-state index contributed by atoms with van der Waals surface area (Å²) in [7, 11) is 0. The van der Waals surface area contributed by atoms with E-state index in [-0.39, 0.29) is 11.2 Å². The summed E-state index contributed by atoms with van der Waals surface area (Å²) in [4.78, 5) is 0. The lowest BCUT2D eigenvalue weighted by molar-refractivity contribution is 0.101. The van der Waals surface area contributed by atoms with Crippen molar-refractivity contribution in [2.75, 3.05) is 0 Å². The molecule has 0 aliphatic heterocycles. The molecule has 0 atom stereocenters. The molecule has 0 fully saturated rings. The third-order valence-corrected chi connectivity index (χ3v) is 4.52. The van der Waals surface area contributed by atoms with Gasteiger partial charge in [0.15, 0.2) is 0 Å². The molecule has 0 saturated heterocycles. The molecule has 0 aliphatic rings. The van der Waals surface area contributed by atoms with E-state index in [2.05, 4.69) is 59.7 Å². The first kappa shape index (κ1) is 18.4. The van der Waals surface area contributed by atoms with Crippen LogP contribution in [-0.2, 0) is 0 Å². The fraction of sp³-hybridized carbons (Fsp3) is 0.455. The monoisotopic (exact) mass is 326 g/mol. The Labute approximate surface area is 146 Å². The molecule has 2 heteroatoms. The van der Waals surface area contributed by atoms with E-state index in [9.17, 15) is 0 Å². The van der Waals surface area contributed by atoms with E-state index < -0.39 is 0 Å². The summed E-state index contributed by atoms with van der Waals surface area (Å²) in [5.41, 5.74) is 1.83. The van der Waals surface area contributed by atoms with E-state index in [1.165, 1.54) is 0 Å². The van der Waals surface area contributed by atoms with Crippen molar-refractivity contribution in [1.82, 2.24) is 0 Å². The van der Waals surface area contributed by atoms with E-state index in [0.717, 1.165) is 35.5 Å². The largest absolute Gasteiger partial charge is 0.488 e. The second kappa shape index (κ2) is 7.29. The van der Waals surface area contributed by atoms with E-state index >= 15 is 0 Å². The molecule has 0 spiro atoms. The van der Waals surface area contributed by atoms with Crippen LogP contribution in [0.5, 0.6) is 11.5 Å². The molecule has 24 heavy (non-hydrogen) atoms. The Balaban J connectivity index is 2.44. The minimum atomic E-state index is -0.200. The number of ether oxygens (including phenoxy) is 2. The van der Waals surface area contributed by atoms with E-state index in [1.807, 2.05) is 30.3 Å². The highest BCUT2D eigenvalue weighted by molar-refractivity contribution is 5.72. The lowest BCUT2D eigenvalue weighted by Crippen LogP contribution is -2.28. The second-order valence-electron chi connectivity index (χ2n) is 7.45. The first-order valence-corrected chi connectivity index (χ1v) is 8.84. The SMILES string of the molecule is CCC(C)(C)Oc1ccc(OC(C)(C)CC)c(-c2ccccc2)c1. The quantitative estimate of drug-likeness (QED) is 0.579. The van der Waals surface area contributed by atoms with Gasteiger partial charge in [0, 0.05) is 5.56 Å². The Morgan fingerprint density at radius 1 is 0.750 bits per heavy atom. The van der Waals surface area contributed by atoms with Crippen molar-refractivity contribution >= 4 is 0 Å². The molecule has 0 aromatic heterocycles. The van der Waals surface area contributed by atoms with Crippen molar-refractivity contribution in [1.29, 1.82) is 0 Å². The van der Waals surface area contributed by atoms with Gasteiger partial charge in [0.2, 0.25) is 0 Å². The molecule has 2 aromatic rings. The van der Waals surface area contributed by atoms with Crippen LogP contribution < -0.4 is 9.47 Å². The minimum absolute atomic E-state index is 0.182. The first-order chi connectivity index (χ1) is 11.3. The zero-order valence-corrected chi connectivity index (χ0v) is 15.8. The maximum Gasteiger partial charge on any atom is 0.128 e. The van der Waals surface area contributed by atoms with Crippen molar-refractivity contribution in [3.8, 4) is 22.6 Å². The molecule has 2 aromatic carbocycles. The van der Waals surface area contributed by atoms with Gasteiger partial charge in [-0.3, -0.25) is 0 Å². The molecule has 0 amide bonds. The van der Waals surface area contributed by atoms with E-state index in [0.29, 0.717) is 0 Å². The minimum Gasteiger partial charge on any atom is -0.488 e. The Hall–Kier alpha value is -1.96. The molecule has 0 heterocycles. The summed E-state index contributed by atoms with van der Waals surface area (Å²) < 4.78 is 12.5. The van der Waals surface area contributed by atoms with Crippen LogP contribution in [0.3, 0.4) is 0 Å². The van der Waals surface area contributed by atoms with E-state index in [1.54, 1.807) is 0 Å². The molecule has 0 unspecified atom stereocenters. The summed E-state index contributed by atoms with van der Waals surface area (Å²) in [5, 5.41) is 0. The Morgan fingerprint density at radius 3 is 1.92 bits per heavy atom. The number of benzene rings is 2. The van der Waals surface area contributed by atoms with Gasteiger partial charge in [0.05, 0.1) is 0 Å². The van der Waals surface area contributed by atoms with Gasteiger partial charge >= 0.3 is 0 Å². The Bertz CT molecular complexity index is 657. The standard InChI is InChI=1S/C22H30O2/c1-7-21(3,4)23-18-14-15-20(24-22(5,6)8-2)19(16-18)17-12-10-9-11-13-17/h9-16H,7-8H2,1-6H3. The Kier molecular flexibility index (Phi) is 5.58. The maximum absolute atomic E-state index is 6.29. The van der Waals surface area contributed by atoms with Crippen LogP contribution in [0.4, 0.5) is 0 Å². The average molecular weight is 326 g/mol. The Morgan fingerprint density at radius 2 is 1.33 bits per heavy atom. The molecular weight excluding hydrogens is 296 g/mol. The van der Waals surface area contributed by atoms with Gasteiger partial charge in [-0.1, -0.05) is 44.2 Å². The molecule has 130 valence electrons. The lowest BCUT2D eigenvalue weighted by Gasteiger charge is -2.28. The fourth-order valence-electron chi connectivity index (χ4n) is 2.27. The normalized spacial score (nSPS) is 12.1. The van der Waals surface area contributed by atoms with Crippen LogP contribution in [0.1, 0.15) is 54.4 Å². The van der Waals surface area contributed by atoms with Gasteiger partial charge in [-0.2, -0.15) is 0 Å². The summed E-state index contributed by atoms with van der Waals surface area (Å²) in [6.45, 7) is 12.7. The van der Waals surface area contributed by atoms with Crippen molar-refractivity contribution < 1.29 is 9.47 Å². The zero-order chi connectivity index (χ0) is 17.8. The molecule has 0 radical (unpaired) electrons. The molecule has 0 saturated carbocycles. The number of hydrogen-bond acceptors (Lipinski definition) is 2. The van der Waals surface area contributed by atoms with Crippen LogP contribution in [-0.4, -0.2) is 11.2 Å². The summed E-state index contributed by atoms with van der Waals surface area (Å²) in [5.74, 6) is 1.78. The molecule has 0 bridgehead atoms. The van der Waals surface area contributed by atoms with Crippen LogP contribution in [0, 0.1) is 0 Å². The number of rotatable bonds is 7. The van der Waals surface area contributed by atoms with Gasteiger partial charge in [0.1, 0.15) is 22.7 Å². The third-order valence-electron chi connectivity index (χ3n) is 4.52. The molecule has 2 nitrogen and oxygen atoms in total. The van der Waals surface area contributed by atoms with Crippen LogP contribution >= 0.6 is 0 Å². The fourth-order valence-corrected chi connectivity index (χ4v) is 2.27. The van der Waals surface area contributed by atoms with Crippen molar-refractivity contribution in [3.05, 3.63) is 48.5 Å². The van der Waals surface area contributed by atoms with Gasteiger partial charge in [-0.05, 0) is 64.3 Å². The topological polar surface area (TPSA) is 18.5 Å². The van der Waals surface area contributed by atoms with Crippen LogP contribution in [0.15, 0.2) is 48.5 Å². The predicted molar refractivity (Wildman–Crippen MR) is 102 cm³/mol. The second-order valence-corrected chi connectivity index (χ2v) is 7.45. The third kappa shape index (κ3) is 4.77. The van der Waals surface area contributed by atoms with Crippen molar-refractivity contribution in [2.45, 2.75) is 65.6 Å². The zero-order valence-electron chi connectivity index (χ0n) is 15.8. The molecule has 2 rings (SSSR count). The first-order valence-electron chi connectivity index (χ1n) is 8.84. The highest BCUT2D eigenvalue weighted by Gasteiger charge is 2.21. The van der Waals surface area contributed by atoms with Crippen molar-refractivity contribution in [3.63, 3.8) is 0 Å². The number of hydrogen-bond donors (Lipinski definition) is 0. The highest BCUT2D eigenvalue weighted by Crippen LogP contribution is 2.37. The maximum atomic E-state index is 6.29. The van der Waals surface area contributed by atoms with Gasteiger partial charge in [0.25, 0.3) is 0 Å².